The molecule has 0 saturated heterocycles. The van der Waals surface area contributed by atoms with Gasteiger partial charge in [0.15, 0.2) is 0 Å². The molecule has 3 heteroatoms. The number of aliphatic carboxylic acids is 1. The maximum Gasteiger partial charge on any atom is 0.328 e. The Morgan fingerprint density at radius 3 is 2.52 bits per heavy atom. The first-order valence-electron chi connectivity index (χ1n) is 8.60. The van der Waals surface area contributed by atoms with Crippen molar-refractivity contribution in [3.8, 4) is 0 Å². The van der Waals surface area contributed by atoms with E-state index in [0.717, 1.165) is 12.0 Å². The molecule has 1 heterocycles. The quantitative estimate of drug-likeness (QED) is 0.513. The lowest BCUT2D eigenvalue weighted by Gasteiger charge is -2.41. The molecule has 0 unspecified atom stereocenters. The molecule has 0 bridgehead atoms. The monoisotopic (exact) mass is 356 g/mol. The average Bonchev–Trinajstić information content (AvgIpc) is 2.43. The number of allylic oxidation sites excluding steroid dienone is 5. The van der Waals surface area contributed by atoms with Crippen LogP contribution in [0.15, 0.2) is 53.0 Å². The van der Waals surface area contributed by atoms with Gasteiger partial charge in [0.1, 0.15) is 0 Å². The van der Waals surface area contributed by atoms with Crippen molar-refractivity contribution in [2.75, 3.05) is 0 Å². The van der Waals surface area contributed by atoms with E-state index in [1.165, 1.54) is 27.7 Å². The predicted molar refractivity (Wildman–Crippen MR) is 108 cm³/mol. The molecule has 0 spiro atoms. The fourth-order valence-electron chi connectivity index (χ4n) is 3.57. The SMILES string of the molecule is CC(/C=C/C=C(\C)c1ccc2c(c1)C(C)(C)CC(C)(C)S2)=C\C(=O)O. The van der Waals surface area contributed by atoms with Crippen molar-refractivity contribution < 1.29 is 9.90 Å². The smallest absolute Gasteiger partial charge is 0.328 e. The van der Waals surface area contributed by atoms with Crippen molar-refractivity contribution in [2.24, 2.45) is 0 Å². The molecule has 0 aromatic heterocycles. The molecule has 1 N–H and O–H groups in total. The number of carboxylic acid groups (broad SMARTS) is 1. The lowest BCUT2D eigenvalue weighted by Crippen LogP contribution is -2.33. The van der Waals surface area contributed by atoms with Crippen LogP contribution < -0.4 is 0 Å². The number of fused-ring (bicyclic) bond motifs is 1. The molecule has 2 rings (SSSR count). The number of thioether (sulfide) groups is 1. The summed E-state index contributed by atoms with van der Waals surface area (Å²) < 4.78 is 0.264. The summed E-state index contributed by atoms with van der Waals surface area (Å²) in [5.41, 5.74) is 4.70. The molecule has 1 aliphatic heterocycles. The number of carbonyl (C=O) groups is 1. The molecule has 134 valence electrons. The summed E-state index contributed by atoms with van der Waals surface area (Å²) in [6.07, 6.45) is 8.13. The normalized spacial score (nSPS) is 19.8. The Hall–Kier alpha value is -1.74. The second-order valence-corrected chi connectivity index (χ2v) is 9.82. The fraction of sp³-hybridized carbons (Fsp3) is 0.409. The van der Waals surface area contributed by atoms with Gasteiger partial charge in [-0.15, -0.1) is 11.8 Å². The van der Waals surface area contributed by atoms with E-state index in [4.69, 9.17) is 5.11 Å². The van der Waals surface area contributed by atoms with Crippen LogP contribution in [0.4, 0.5) is 0 Å². The van der Waals surface area contributed by atoms with Crippen molar-refractivity contribution >= 4 is 23.3 Å². The molecular formula is C22H28O2S. The average molecular weight is 357 g/mol. The van der Waals surface area contributed by atoms with Crippen molar-refractivity contribution in [3.63, 3.8) is 0 Å². The molecule has 0 fully saturated rings. The van der Waals surface area contributed by atoms with Gasteiger partial charge in [-0.2, -0.15) is 0 Å². The van der Waals surface area contributed by atoms with Gasteiger partial charge >= 0.3 is 5.97 Å². The Balaban J connectivity index is 2.29. The first-order valence-corrected chi connectivity index (χ1v) is 9.42. The van der Waals surface area contributed by atoms with Gasteiger partial charge in [0, 0.05) is 15.7 Å². The second-order valence-electron chi connectivity index (χ2n) is 8.07. The van der Waals surface area contributed by atoms with Crippen molar-refractivity contribution in [3.05, 3.63) is 59.2 Å². The predicted octanol–water partition coefficient (Wildman–Crippen LogP) is 6.23. The Labute approximate surface area is 155 Å². The van der Waals surface area contributed by atoms with Gasteiger partial charge in [-0.3, -0.25) is 0 Å². The molecular weight excluding hydrogens is 328 g/mol. The third-order valence-corrected chi connectivity index (χ3v) is 5.75. The zero-order valence-corrected chi connectivity index (χ0v) is 16.8. The highest BCUT2D eigenvalue weighted by Gasteiger charge is 2.37. The Morgan fingerprint density at radius 2 is 1.88 bits per heavy atom. The molecule has 0 radical (unpaired) electrons. The van der Waals surface area contributed by atoms with Crippen LogP contribution >= 0.6 is 11.8 Å². The lowest BCUT2D eigenvalue weighted by atomic mass is 9.76. The number of hydrogen-bond donors (Lipinski definition) is 1. The van der Waals surface area contributed by atoms with Gasteiger partial charge in [0.05, 0.1) is 0 Å². The van der Waals surface area contributed by atoms with E-state index in [1.807, 2.05) is 30.0 Å². The first-order chi connectivity index (χ1) is 11.5. The molecule has 1 aliphatic rings. The van der Waals surface area contributed by atoms with E-state index in [2.05, 4.69) is 52.8 Å². The summed E-state index contributed by atoms with van der Waals surface area (Å²) in [5.74, 6) is -0.916. The van der Waals surface area contributed by atoms with Gasteiger partial charge in [-0.25, -0.2) is 4.79 Å². The lowest BCUT2D eigenvalue weighted by molar-refractivity contribution is -0.131. The maximum absolute atomic E-state index is 10.6. The van der Waals surface area contributed by atoms with Crippen LogP contribution in [0.3, 0.4) is 0 Å². The van der Waals surface area contributed by atoms with Gasteiger partial charge < -0.3 is 5.11 Å². The van der Waals surface area contributed by atoms with Gasteiger partial charge in [-0.1, -0.05) is 52.0 Å². The highest BCUT2D eigenvalue weighted by molar-refractivity contribution is 8.00. The third-order valence-electron chi connectivity index (χ3n) is 4.47. The van der Waals surface area contributed by atoms with Crippen molar-refractivity contribution in [1.82, 2.24) is 0 Å². The molecule has 0 aliphatic carbocycles. The zero-order chi connectivity index (χ0) is 18.8. The molecule has 2 nitrogen and oxygen atoms in total. The minimum Gasteiger partial charge on any atom is -0.478 e. The van der Waals surface area contributed by atoms with Crippen molar-refractivity contribution in [2.45, 2.75) is 63.0 Å². The summed E-state index contributed by atoms with van der Waals surface area (Å²) in [4.78, 5) is 12.0. The van der Waals surface area contributed by atoms with Crippen LogP contribution in [0.1, 0.15) is 59.1 Å². The molecule has 0 amide bonds. The first kappa shape index (κ1) is 19.6. The van der Waals surface area contributed by atoms with Crippen LogP contribution in [0, 0.1) is 0 Å². The van der Waals surface area contributed by atoms with Gasteiger partial charge in [0.2, 0.25) is 0 Å². The van der Waals surface area contributed by atoms with E-state index in [-0.39, 0.29) is 10.2 Å². The van der Waals surface area contributed by atoms with E-state index in [9.17, 15) is 4.79 Å². The van der Waals surface area contributed by atoms with E-state index in [0.29, 0.717) is 0 Å². The van der Waals surface area contributed by atoms with Gasteiger partial charge in [-0.05, 0) is 60.1 Å². The summed E-state index contributed by atoms with van der Waals surface area (Å²) in [6, 6.07) is 6.74. The summed E-state index contributed by atoms with van der Waals surface area (Å²) in [5, 5.41) is 8.74. The number of carboxylic acids is 1. The maximum atomic E-state index is 10.6. The highest BCUT2D eigenvalue weighted by Crippen LogP contribution is 2.51. The third kappa shape index (κ3) is 5.12. The number of hydrogen-bond acceptors (Lipinski definition) is 2. The standard InChI is InChI=1S/C22H28O2S/c1-15(12-20(23)24)8-7-9-16(2)17-10-11-19-18(13-17)21(3,4)14-22(5,6)25-19/h7-13H,14H2,1-6H3,(H,23,24)/b8-7+,15-12+,16-9+. The van der Waals surface area contributed by atoms with Crippen LogP contribution in [0.5, 0.6) is 0 Å². The Bertz CT molecular complexity index is 764. The largest absolute Gasteiger partial charge is 0.478 e. The van der Waals surface area contributed by atoms with Crippen LogP contribution in [-0.4, -0.2) is 15.8 Å². The Kier molecular flexibility index (Phi) is 5.68. The molecule has 25 heavy (non-hydrogen) atoms. The van der Waals surface area contributed by atoms with Crippen LogP contribution in [0.25, 0.3) is 5.57 Å². The van der Waals surface area contributed by atoms with E-state index >= 15 is 0 Å². The van der Waals surface area contributed by atoms with Gasteiger partial charge in [0.25, 0.3) is 0 Å². The van der Waals surface area contributed by atoms with E-state index < -0.39 is 5.97 Å². The minimum absolute atomic E-state index is 0.164. The zero-order valence-electron chi connectivity index (χ0n) is 16.0. The Morgan fingerprint density at radius 1 is 1.20 bits per heavy atom. The van der Waals surface area contributed by atoms with Crippen LogP contribution in [-0.2, 0) is 10.2 Å². The minimum atomic E-state index is -0.916. The molecule has 1 aromatic rings. The highest BCUT2D eigenvalue weighted by atomic mass is 32.2. The number of rotatable bonds is 4. The summed E-state index contributed by atoms with van der Waals surface area (Å²) in [6.45, 7) is 13.2. The topological polar surface area (TPSA) is 37.3 Å². The summed E-state index contributed by atoms with van der Waals surface area (Å²) >= 11 is 1.97. The molecule has 0 saturated carbocycles. The fourth-order valence-corrected chi connectivity index (χ4v) is 5.18. The van der Waals surface area contributed by atoms with Crippen LogP contribution in [0.2, 0.25) is 0 Å². The summed E-state index contributed by atoms with van der Waals surface area (Å²) in [7, 11) is 0. The second kappa shape index (κ2) is 7.25. The number of benzene rings is 1. The molecule has 1 aromatic carbocycles. The molecule has 0 atom stereocenters. The van der Waals surface area contributed by atoms with E-state index in [1.54, 1.807) is 6.92 Å². The van der Waals surface area contributed by atoms with Crippen molar-refractivity contribution in [1.29, 1.82) is 0 Å².